The lowest BCUT2D eigenvalue weighted by Crippen LogP contribution is -2.04. The zero-order valence-corrected chi connectivity index (χ0v) is 9.99. The lowest BCUT2D eigenvalue weighted by Gasteiger charge is -2.02. The Hall–Kier alpha value is -0.510. The van der Waals surface area contributed by atoms with Crippen molar-refractivity contribution in [3.8, 4) is 0 Å². The van der Waals surface area contributed by atoms with E-state index >= 15 is 0 Å². The van der Waals surface area contributed by atoms with Crippen molar-refractivity contribution in [3.05, 3.63) is 0 Å². The van der Waals surface area contributed by atoms with Crippen LogP contribution in [0, 0.1) is 4.78 Å². The molecule has 0 rings (SSSR count). The van der Waals surface area contributed by atoms with E-state index in [1.807, 2.05) is 6.92 Å². The summed E-state index contributed by atoms with van der Waals surface area (Å²) in [6.07, 6.45) is 6.11. The van der Waals surface area contributed by atoms with E-state index in [1.165, 1.54) is 19.3 Å². The summed E-state index contributed by atoms with van der Waals surface area (Å²) in [6, 6.07) is 0. The van der Waals surface area contributed by atoms with Crippen LogP contribution in [0.5, 0.6) is 0 Å². The molecular weight excluding hydrogens is 198 g/mol. The normalized spacial score (nSPS) is 8.71. The predicted molar refractivity (Wildman–Crippen MR) is 60.1 cm³/mol. The highest BCUT2D eigenvalue weighted by Crippen LogP contribution is 2.00. The van der Waals surface area contributed by atoms with Gasteiger partial charge in [-0.15, -0.1) is 0 Å². The van der Waals surface area contributed by atoms with Crippen molar-refractivity contribution < 1.29 is 9.53 Å². The Balaban J connectivity index is 0. The van der Waals surface area contributed by atoms with Crippen LogP contribution < -0.4 is 0 Å². The van der Waals surface area contributed by atoms with Crippen LogP contribution in [0.4, 0.5) is 0 Å². The molecule has 0 saturated carbocycles. The lowest BCUT2D eigenvalue weighted by atomic mass is 10.2. The van der Waals surface area contributed by atoms with Gasteiger partial charge in [0, 0.05) is 18.8 Å². The molecule has 0 radical (unpaired) electrons. The number of esters is 1. The quantitative estimate of drug-likeness (QED) is 0.528. The molecule has 0 aliphatic carbocycles. The highest BCUT2D eigenvalue weighted by Gasteiger charge is 1.98. The monoisotopic (exact) mass is 219 g/mol. The minimum absolute atomic E-state index is 0.0472. The van der Waals surface area contributed by atoms with Gasteiger partial charge in [-0.1, -0.05) is 33.1 Å². The first-order chi connectivity index (χ1) is 6.81. The maximum atomic E-state index is 10.9. The van der Waals surface area contributed by atoms with E-state index in [-0.39, 0.29) is 5.97 Å². The largest absolute Gasteiger partial charge is 0.466 e. The van der Waals surface area contributed by atoms with E-state index in [2.05, 4.69) is 19.3 Å². The highest BCUT2D eigenvalue weighted by atomic mass is 32.1. The number of nitrogens with one attached hydrogen (secondary N) is 1. The fourth-order valence-electron chi connectivity index (χ4n) is 0.991. The van der Waals surface area contributed by atoms with Gasteiger partial charge in [0.15, 0.2) is 0 Å². The third-order valence-electron chi connectivity index (χ3n) is 1.72. The van der Waals surface area contributed by atoms with Crippen LogP contribution in [0.15, 0.2) is 0 Å². The number of hydrogen-bond acceptors (Lipinski definition) is 4. The topological polar surface area (TPSA) is 50.2 Å². The van der Waals surface area contributed by atoms with E-state index in [0.717, 1.165) is 12.8 Å². The zero-order chi connectivity index (χ0) is 11.2. The summed E-state index contributed by atoms with van der Waals surface area (Å²) in [5.74, 6) is -0.0472. The highest BCUT2D eigenvalue weighted by molar-refractivity contribution is 7.45. The molecule has 4 heteroatoms. The molecule has 84 valence electrons. The molecule has 0 aliphatic rings. The number of rotatable bonds is 7. The zero-order valence-electron chi connectivity index (χ0n) is 9.17. The minimum atomic E-state index is -0.0472. The van der Waals surface area contributed by atoms with Gasteiger partial charge < -0.3 is 4.74 Å². The SMILES string of the molecule is CCCCCCOC(=O)CCC.N=S. The van der Waals surface area contributed by atoms with Gasteiger partial charge in [-0.3, -0.25) is 4.79 Å². The molecule has 0 aromatic rings. The Bertz CT molecular complexity index is 131. The number of carbonyl (C=O) groups excluding carboxylic acids is 1. The number of hydrogen-bond donors (Lipinski definition) is 1. The first-order valence-corrected chi connectivity index (χ1v) is 5.58. The van der Waals surface area contributed by atoms with Gasteiger partial charge in [0.2, 0.25) is 0 Å². The maximum absolute atomic E-state index is 10.9. The molecule has 1 N–H and O–H groups in total. The third kappa shape index (κ3) is 14.0. The summed E-state index contributed by atoms with van der Waals surface area (Å²) in [5, 5.41) is 0. The Kier molecular flexibility index (Phi) is 17.1. The van der Waals surface area contributed by atoms with E-state index < -0.39 is 0 Å². The number of carbonyl (C=O) groups is 1. The molecule has 0 saturated heterocycles. The first-order valence-electron chi connectivity index (χ1n) is 5.17. The molecule has 3 nitrogen and oxygen atoms in total. The fraction of sp³-hybridized carbons (Fsp3) is 0.900. The van der Waals surface area contributed by atoms with Crippen LogP contribution in [0.2, 0.25) is 0 Å². The molecule has 0 bridgehead atoms. The van der Waals surface area contributed by atoms with E-state index in [1.54, 1.807) is 0 Å². The Morgan fingerprint density at radius 3 is 2.29 bits per heavy atom. The molecule has 0 aromatic heterocycles. The van der Waals surface area contributed by atoms with Crippen molar-refractivity contribution >= 4 is 18.4 Å². The summed E-state index contributed by atoms with van der Waals surface area (Å²) in [7, 11) is 0. The minimum Gasteiger partial charge on any atom is -0.466 e. The molecule has 0 fully saturated rings. The van der Waals surface area contributed by atoms with Crippen LogP contribution in [-0.4, -0.2) is 12.6 Å². The first kappa shape index (κ1) is 15.9. The van der Waals surface area contributed by atoms with Crippen molar-refractivity contribution in [2.75, 3.05) is 6.61 Å². The summed E-state index contributed by atoms with van der Waals surface area (Å²) < 4.78 is 10.3. The number of unbranched alkanes of at least 4 members (excludes halogenated alkanes) is 3. The molecule has 0 atom stereocenters. The van der Waals surface area contributed by atoms with E-state index in [9.17, 15) is 4.79 Å². The van der Waals surface area contributed by atoms with Crippen molar-refractivity contribution in [3.63, 3.8) is 0 Å². The van der Waals surface area contributed by atoms with Gasteiger partial charge in [-0.2, -0.15) is 0 Å². The van der Waals surface area contributed by atoms with Gasteiger partial charge >= 0.3 is 5.97 Å². The van der Waals surface area contributed by atoms with Crippen LogP contribution in [0.3, 0.4) is 0 Å². The van der Waals surface area contributed by atoms with Crippen molar-refractivity contribution in [1.29, 1.82) is 4.78 Å². The van der Waals surface area contributed by atoms with Gasteiger partial charge in [-0.05, 0) is 12.8 Å². The van der Waals surface area contributed by atoms with Gasteiger partial charge in [-0.25, -0.2) is 4.78 Å². The second-order valence-electron chi connectivity index (χ2n) is 3.03. The third-order valence-corrected chi connectivity index (χ3v) is 1.72. The summed E-state index contributed by atoms with van der Waals surface area (Å²) in [5.41, 5.74) is 0. The molecule has 0 spiro atoms. The maximum Gasteiger partial charge on any atom is 0.305 e. The predicted octanol–water partition coefficient (Wildman–Crippen LogP) is 3.21. The van der Waals surface area contributed by atoms with Crippen LogP contribution in [0.1, 0.15) is 52.4 Å². The van der Waals surface area contributed by atoms with Crippen LogP contribution >= 0.6 is 0 Å². The van der Waals surface area contributed by atoms with Crippen molar-refractivity contribution in [2.24, 2.45) is 0 Å². The molecule has 0 aromatic carbocycles. The Morgan fingerprint density at radius 2 is 1.79 bits per heavy atom. The molecular formula is C10H21NO2S. The summed E-state index contributed by atoms with van der Waals surface area (Å²) >= 11 is 3.33. The Labute approximate surface area is 92.2 Å². The van der Waals surface area contributed by atoms with E-state index in [4.69, 9.17) is 9.52 Å². The smallest absolute Gasteiger partial charge is 0.305 e. The second kappa shape index (κ2) is 15.0. The van der Waals surface area contributed by atoms with Crippen molar-refractivity contribution in [1.82, 2.24) is 0 Å². The summed E-state index contributed by atoms with van der Waals surface area (Å²) in [4.78, 5) is 10.9. The molecule has 0 heterocycles. The van der Waals surface area contributed by atoms with Gasteiger partial charge in [0.1, 0.15) is 0 Å². The molecule has 14 heavy (non-hydrogen) atoms. The van der Waals surface area contributed by atoms with Gasteiger partial charge in [0.05, 0.1) is 6.61 Å². The molecule has 0 unspecified atom stereocenters. The van der Waals surface area contributed by atoms with E-state index in [0.29, 0.717) is 13.0 Å². The number of ether oxygens (including phenoxy) is 1. The molecule has 0 aliphatic heterocycles. The Morgan fingerprint density at radius 1 is 1.14 bits per heavy atom. The molecule has 0 amide bonds. The average molecular weight is 219 g/mol. The standard InChI is InChI=1S/C10H20O2.HNS/c1-3-5-6-7-9-12-10(11)8-4-2;1-2/h3-9H2,1-2H3;1H. The second-order valence-corrected chi connectivity index (χ2v) is 3.03. The lowest BCUT2D eigenvalue weighted by molar-refractivity contribution is -0.143. The van der Waals surface area contributed by atoms with Crippen LogP contribution in [0.25, 0.3) is 0 Å². The van der Waals surface area contributed by atoms with Gasteiger partial charge in [0.25, 0.3) is 0 Å². The van der Waals surface area contributed by atoms with Crippen molar-refractivity contribution in [2.45, 2.75) is 52.4 Å². The average Bonchev–Trinajstić information content (AvgIpc) is 2.21. The summed E-state index contributed by atoms with van der Waals surface area (Å²) in [6.45, 7) is 4.76. The van der Waals surface area contributed by atoms with Crippen LogP contribution in [-0.2, 0) is 22.0 Å². The fourth-order valence-corrected chi connectivity index (χ4v) is 0.991.